The van der Waals surface area contributed by atoms with Crippen LogP contribution in [0.15, 0.2) is 88.7 Å². The van der Waals surface area contributed by atoms with Crippen molar-refractivity contribution >= 4 is 64.6 Å². The first-order chi connectivity index (χ1) is 37.6. The molecule has 4 aromatic carbocycles. The molecule has 424 valence electrons. The molecule has 7 N–H and O–H groups in total. The second-order valence-electron chi connectivity index (χ2n) is 19.0. The number of aromatic nitrogens is 2. The number of ether oxygens (including phenoxy) is 3. The lowest BCUT2D eigenvalue weighted by Gasteiger charge is -2.30. The number of methoxy groups -OCH3 is 2. The molecule has 2 aromatic heterocycles. The van der Waals surface area contributed by atoms with Gasteiger partial charge in [0.1, 0.15) is 24.6 Å². The molecule has 2 aliphatic heterocycles. The normalized spacial score (nSPS) is 15.1. The van der Waals surface area contributed by atoms with E-state index in [1.807, 2.05) is 13.1 Å². The fourth-order valence-electron chi connectivity index (χ4n) is 9.43. The van der Waals surface area contributed by atoms with E-state index in [4.69, 9.17) is 19.3 Å². The molecule has 8 rings (SSSR count). The van der Waals surface area contributed by atoms with Crippen LogP contribution in [-0.4, -0.2) is 134 Å². The molecule has 0 amide bonds. The summed E-state index contributed by atoms with van der Waals surface area (Å²) in [5.41, 5.74) is 2.96. The van der Waals surface area contributed by atoms with Crippen molar-refractivity contribution in [2.24, 2.45) is 0 Å². The second-order valence-corrected chi connectivity index (χ2v) is 22.5. The first-order valence-corrected chi connectivity index (χ1v) is 28.2. The second kappa shape index (κ2) is 25.1. The number of nitrogens with zero attached hydrogens (tertiary/aromatic N) is 3. The molecular weight excluding hydrogens is 1080 g/mol. The summed E-state index contributed by atoms with van der Waals surface area (Å²) in [6.45, 7) is -0.973. The SMILES string of the molecule is COc1cc(S(=O)(=O)NCCO)ccc1NCC#Cc1cc2c(NC3CCN(C)CC3)cc(CNS(=O)(=O)c3ccc(NCC#Cc4cc5c(NC6CCOCC6)cccc5n4CC(F)(F)F)c(OC)c3)cc2n1CC(F)(F)F. The summed E-state index contributed by atoms with van der Waals surface area (Å²) < 4.78 is 161. The summed E-state index contributed by atoms with van der Waals surface area (Å²) in [4.78, 5) is 1.87. The molecule has 0 atom stereocenters. The summed E-state index contributed by atoms with van der Waals surface area (Å²) in [5, 5.41) is 23.1. The highest BCUT2D eigenvalue weighted by atomic mass is 32.2. The predicted molar refractivity (Wildman–Crippen MR) is 291 cm³/mol. The molecule has 4 heterocycles. The fraction of sp³-hybridized carbons (Fsp3) is 0.407. The highest BCUT2D eigenvalue weighted by Gasteiger charge is 2.32. The van der Waals surface area contributed by atoms with Crippen LogP contribution >= 0.6 is 0 Å². The van der Waals surface area contributed by atoms with Gasteiger partial charge in [-0.05, 0) is 124 Å². The maximum Gasteiger partial charge on any atom is 0.406 e. The molecule has 0 aliphatic carbocycles. The van der Waals surface area contributed by atoms with E-state index >= 15 is 0 Å². The summed E-state index contributed by atoms with van der Waals surface area (Å²) in [5.74, 6) is 11.8. The van der Waals surface area contributed by atoms with Crippen molar-refractivity contribution in [2.75, 3.05) is 95.1 Å². The van der Waals surface area contributed by atoms with Crippen molar-refractivity contribution in [1.29, 1.82) is 0 Å². The Hall–Kier alpha value is -6.84. The predicted octanol–water partition coefficient (Wildman–Crippen LogP) is 7.51. The van der Waals surface area contributed by atoms with Gasteiger partial charge in [0, 0.05) is 72.7 Å². The molecule has 17 nitrogen and oxygen atoms in total. The van der Waals surface area contributed by atoms with Crippen LogP contribution < -0.4 is 40.2 Å². The van der Waals surface area contributed by atoms with Crippen LogP contribution in [-0.2, 0) is 44.4 Å². The number of sulfonamides is 2. The Morgan fingerprint density at radius 1 is 0.646 bits per heavy atom. The van der Waals surface area contributed by atoms with Gasteiger partial charge in [-0.25, -0.2) is 26.3 Å². The third-order valence-electron chi connectivity index (χ3n) is 13.4. The molecule has 0 spiro atoms. The number of hydrogen-bond acceptors (Lipinski definition) is 13. The van der Waals surface area contributed by atoms with E-state index in [-0.39, 0.29) is 76.5 Å². The first-order valence-electron chi connectivity index (χ1n) is 25.3. The van der Waals surface area contributed by atoms with Gasteiger partial charge in [-0.15, -0.1) is 0 Å². The van der Waals surface area contributed by atoms with Crippen LogP contribution in [0.25, 0.3) is 21.8 Å². The largest absolute Gasteiger partial charge is 0.495 e. The number of anilines is 4. The average Bonchev–Trinajstić information content (AvgIpc) is 4.09. The Morgan fingerprint density at radius 3 is 1.71 bits per heavy atom. The minimum atomic E-state index is -4.68. The molecule has 2 saturated heterocycles. The van der Waals surface area contributed by atoms with Gasteiger partial charge in [0.05, 0.1) is 77.5 Å². The maximum atomic E-state index is 14.4. The minimum absolute atomic E-state index is 0.0331. The fourth-order valence-corrected chi connectivity index (χ4v) is 11.5. The Balaban J connectivity index is 1.01. The molecule has 0 saturated carbocycles. The summed E-state index contributed by atoms with van der Waals surface area (Å²) in [6, 6.07) is 19.7. The Labute approximate surface area is 454 Å². The summed E-state index contributed by atoms with van der Waals surface area (Å²) in [7, 11) is -3.56. The van der Waals surface area contributed by atoms with Crippen LogP contribution in [0.2, 0.25) is 0 Å². The van der Waals surface area contributed by atoms with Gasteiger partial charge >= 0.3 is 12.4 Å². The van der Waals surface area contributed by atoms with Gasteiger partial charge in [0.2, 0.25) is 20.0 Å². The van der Waals surface area contributed by atoms with E-state index < -0.39 is 52.1 Å². The lowest BCUT2D eigenvalue weighted by Crippen LogP contribution is -2.36. The Morgan fingerprint density at radius 2 is 1.16 bits per heavy atom. The highest BCUT2D eigenvalue weighted by molar-refractivity contribution is 7.89. The van der Waals surface area contributed by atoms with Crippen LogP contribution in [0.1, 0.15) is 42.6 Å². The number of piperidine rings is 1. The smallest absolute Gasteiger partial charge is 0.406 e. The van der Waals surface area contributed by atoms with Crippen LogP contribution in [0.5, 0.6) is 11.5 Å². The van der Waals surface area contributed by atoms with Gasteiger partial charge < -0.3 is 54.6 Å². The first kappa shape index (κ1) is 58.3. The number of rotatable bonds is 20. The zero-order valence-electron chi connectivity index (χ0n) is 43.5. The van der Waals surface area contributed by atoms with Crippen LogP contribution in [0.3, 0.4) is 0 Å². The molecule has 25 heteroatoms. The molecular formula is C54H61F6N9O8S2. The van der Waals surface area contributed by atoms with Crippen molar-refractivity contribution in [2.45, 2.75) is 79.5 Å². The number of alkyl halides is 6. The van der Waals surface area contributed by atoms with Crippen molar-refractivity contribution in [3.8, 4) is 35.2 Å². The number of fused-ring (bicyclic) bond motifs is 2. The number of nitrogens with one attached hydrogen (secondary N) is 6. The van der Waals surface area contributed by atoms with Crippen molar-refractivity contribution in [1.82, 2.24) is 23.5 Å². The standard InChI is InChI=1S/C54H61F6N9O8S2/c1-67-22-15-37(16-23-67)66-48-27-36(28-50-44(48)30-40(69(50)35-54(58,59)60)8-6-20-62-46-13-11-41(31-51(46)75-2)78(71,72)63-21-24-70)33-64-79(73,74)42-12-14-47(52(32-42)76-3)61-19-5-7-39-29-43-45(65-38-17-25-77-26-18-38)9-4-10-49(43)68(39)34-53(55,56)57/h4,9-14,27-32,37-38,61-66,70H,15-26,33-35H2,1-3H3. The molecule has 0 unspecified atom stereocenters. The number of aliphatic hydroxyl groups is 1. The minimum Gasteiger partial charge on any atom is -0.495 e. The van der Waals surface area contributed by atoms with Crippen molar-refractivity contribution in [3.05, 3.63) is 95.8 Å². The molecule has 0 radical (unpaired) electrons. The van der Waals surface area contributed by atoms with E-state index in [0.717, 1.165) is 47.9 Å². The molecule has 2 aliphatic rings. The molecule has 0 bridgehead atoms. The van der Waals surface area contributed by atoms with E-state index in [1.165, 1.54) is 56.7 Å². The third kappa shape index (κ3) is 15.1. The monoisotopic (exact) mass is 1140 g/mol. The van der Waals surface area contributed by atoms with Crippen LogP contribution in [0, 0.1) is 23.7 Å². The summed E-state index contributed by atoms with van der Waals surface area (Å²) in [6.07, 6.45) is -6.19. The van der Waals surface area contributed by atoms with Crippen molar-refractivity contribution < 1.29 is 62.5 Å². The number of benzene rings is 4. The van der Waals surface area contributed by atoms with Gasteiger partial charge in [-0.1, -0.05) is 17.9 Å². The number of likely N-dealkylation sites (tertiary alicyclic amines) is 1. The zero-order valence-corrected chi connectivity index (χ0v) is 45.1. The van der Waals surface area contributed by atoms with Gasteiger partial charge in [-0.2, -0.15) is 26.3 Å². The highest BCUT2D eigenvalue weighted by Crippen LogP contribution is 2.35. The Kier molecular flexibility index (Phi) is 18.5. The lowest BCUT2D eigenvalue weighted by atomic mass is 10.0. The van der Waals surface area contributed by atoms with E-state index in [2.05, 4.69) is 59.3 Å². The zero-order chi connectivity index (χ0) is 56.5. The summed E-state index contributed by atoms with van der Waals surface area (Å²) >= 11 is 0. The van der Waals surface area contributed by atoms with Gasteiger partial charge in [0.25, 0.3) is 0 Å². The number of halogens is 6. The third-order valence-corrected chi connectivity index (χ3v) is 16.2. The Bertz CT molecular complexity index is 3500. The van der Waals surface area contributed by atoms with E-state index in [1.54, 1.807) is 30.3 Å². The molecule has 79 heavy (non-hydrogen) atoms. The van der Waals surface area contributed by atoms with E-state index in [0.29, 0.717) is 57.8 Å². The topological polar surface area (TPSA) is 201 Å². The van der Waals surface area contributed by atoms with Crippen molar-refractivity contribution in [3.63, 3.8) is 0 Å². The lowest BCUT2D eigenvalue weighted by molar-refractivity contribution is -0.140. The maximum absolute atomic E-state index is 14.4. The number of hydrogen-bond donors (Lipinski definition) is 7. The van der Waals surface area contributed by atoms with Gasteiger partial charge in [-0.3, -0.25) is 0 Å². The average molecular weight is 1140 g/mol. The van der Waals surface area contributed by atoms with E-state index in [9.17, 15) is 43.2 Å². The van der Waals surface area contributed by atoms with Gasteiger partial charge in [0.15, 0.2) is 0 Å². The molecule has 6 aromatic rings. The quantitative estimate of drug-likeness (QED) is 0.0293. The van der Waals surface area contributed by atoms with Crippen LogP contribution in [0.4, 0.5) is 49.1 Å². The molecule has 2 fully saturated rings. The number of aliphatic hydroxyl groups excluding tert-OH is 1.